The summed E-state index contributed by atoms with van der Waals surface area (Å²) >= 11 is 0. The van der Waals surface area contributed by atoms with Gasteiger partial charge in [0.15, 0.2) is 17.5 Å². The molecule has 2 nitrogen and oxygen atoms in total. The number of aromatic carboxylic acids is 1. The first-order valence-electron chi connectivity index (χ1n) is 5.39. The monoisotopic (exact) mass is 266 g/mol. The van der Waals surface area contributed by atoms with E-state index in [0.29, 0.717) is 11.1 Å². The van der Waals surface area contributed by atoms with Crippen LogP contribution in [0.15, 0.2) is 30.3 Å². The second kappa shape index (κ2) is 4.76. The number of carboxylic acid groups (broad SMARTS) is 1. The normalized spacial score (nSPS) is 10.5. The zero-order valence-corrected chi connectivity index (χ0v) is 9.88. The topological polar surface area (TPSA) is 37.3 Å². The standard InChI is InChI=1S/C14H9F3O2/c1-7-4-8(2-3-10(7)14(18)19)9-5-11(15)13(17)12(16)6-9/h2-6H,1H3,(H,18,19). The Balaban J connectivity index is 2.54. The van der Waals surface area contributed by atoms with Crippen molar-refractivity contribution in [3.05, 3.63) is 58.9 Å². The number of halogens is 3. The molecule has 19 heavy (non-hydrogen) atoms. The smallest absolute Gasteiger partial charge is 0.335 e. The zero-order chi connectivity index (χ0) is 14.2. The van der Waals surface area contributed by atoms with Crippen molar-refractivity contribution in [3.8, 4) is 11.1 Å². The summed E-state index contributed by atoms with van der Waals surface area (Å²) in [7, 11) is 0. The Morgan fingerprint density at radius 1 is 1.00 bits per heavy atom. The number of hydrogen-bond acceptors (Lipinski definition) is 1. The van der Waals surface area contributed by atoms with Crippen molar-refractivity contribution in [1.82, 2.24) is 0 Å². The molecule has 98 valence electrons. The van der Waals surface area contributed by atoms with E-state index in [1.807, 2.05) is 0 Å². The van der Waals surface area contributed by atoms with E-state index in [1.165, 1.54) is 18.2 Å². The first-order chi connectivity index (χ1) is 8.90. The first-order valence-corrected chi connectivity index (χ1v) is 5.39. The average Bonchev–Trinajstić information content (AvgIpc) is 2.34. The van der Waals surface area contributed by atoms with Gasteiger partial charge in [0.25, 0.3) is 0 Å². The second-order valence-electron chi connectivity index (χ2n) is 4.09. The predicted molar refractivity (Wildman–Crippen MR) is 63.4 cm³/mol. The summed E-state index contributed by atoms with van der Waals surface area (Å²) in [6.45, 7) is 1.57. The van der Waals surface area contributed by atoms with Crippen LogP contribution in [0, 0.1) is 24.4 Å². The van der Waals surface area contributed by atoms with Gasteiger partial charge in [-0.05, 0) is 41.8 Å². The van der Waals surface area contributed by atoms with Gasteiger partial charge in [-0.25, -0.2) is 18.0 Å². The molecule has 0 aliphatic carbocycles. The SMILES string of the molecule is Cc1cc(-c2cc(F)c(F)c(F)c2)ccc1C(=O)O. The van der Waals surface area contributed by atoms with Crippen LogP contribution in [-0.4, -0.2) is 11.1 Å². The predicted octanol–water partition coefficient (Wildman–Crippen LogP) is 3.78. The summed E-state index contributed by atoms with van der Waals surface area (Å²) in [5, 5.41) is 8.88. The van der Waals surface area contributed by atoms with Crippen LogP contribution in [0.25, 0.3) is 11.1 Å². The van der Waals surface area contributed by atoms with Crippen LogP contribution in [-0.2, 0) is 0 Å². The van der Waals surface area contributed by atoms with Gasteiger partial charge in [0, 0.05) is 0 Å². The minimum absolute atomic E-state index is 0.104. The van der Waals surface area contributed by atoms with Gasteiger partial charge >= 0.3 is 5.97 Å². The lowest BCUT2D eigenvalue weighted by atomic mass is 9.99. The molecular formula is C14H9F3O2. The molecule has 2 aromatic rings. The lowest BCUT2D eigenvalue weighted by Crippen LogP contribution is -1.99. The highest BCUT2D eigenvalue weighted by Gasteiger charge is 2.13. The molecule has 0 radical (unpaired) electrons. The van der Waals surface area contributed by atoms with E-state index in [4.69, 9.17) is 5.11 Å². The summed E-state index contributed by atoms with van der Waals surface area (Å²) in [5.74, 6) is -5.17. The molecule has 0 bridgehead atoms. The molecule has 0 heterocycles. The van der Waals surface area contributed by atoms with Crippen molar-refractivity contribution in [2.24, 2.45) is 0 Å². The van der Waals surface area contributed by atoms with E-state index >= 15 is 0 Å². The number of rotatable bonds is 2. The highest BCUT2D eigenvalue weighted by atomic mass is 19.2. The van der Waals surface area contributed by atoms with Gasteiger partial charge in [-0.1, -0.05) is 12.1 Å². The molecular weight excluding hydrogens is 257 g/mol. The van der Waals surface area contributed by atoms with Gasteiger partial charge in [0.1, 0.15) is 0 Å². The Morgan fingerprint density at radius 2 is 1.58 bits per heavy atom. The molecule has 0 unspecified atom stereocenters. The van der Waals surface area contributed by atoms with Gasteiger partial charge in [0.2, 0.25) is 0 Å². The number of benzene rings is 2. The summed E-state index contributed by atoms with van der Waals surface area (Å²) < 4.78 is 39.1. The largest absolute Gasteiger partial charge is 0.478 e. The Kier molecular flexibility index (Phi) is 3.29. The molecule has 0 spiro atoms. The minimum Gasteiger partial charge on any atom is -0.478 e. The number of carboxylic acids is 1. The zero-order valence-electron chi connectivity index (χ0n) is 9.88. The fourth-order valence-corrected chi connectivity index (χ4v) is 1.81. The third-order valence-corrected chi connectivity index (χ3v) is 2.77. The van der Waals surface area contributed by atoms with Crippen LogP contribution in [0.3, 0.4) is 0 Å². The van der Waals surface area contributed by atoms with Crippen LogP contribution in [0.2, 0.25) is 0 Å². The Morgan fingerprint density at radius 3 is 2.05 bits per heavy atom. The van der Waals surface area contributed by atoms with Crippen LogP contribution in [0.4, 0.5) is 13.2 Å². The van der Waals surface area contributed by atoms with Crippen LogP contribution in [0.1, 0.15) is 15.9 Å². The van der Waals surface area contributed by atoms with Crippen molar-refractivity contribution in [1.29, 1.82) is 0 Å². The van der Waals surface area contributed by atoms with E-state index < -0.39 is 23.4 Å². The van der Waals surface area contributed by atoms with Crippen molar-refractivity contribution < 1.29 is 23.1 Å². The number of hydrogen-bond donors (Lipinski definition) is 1. The third kappa shape index (κ3) is 2.45. The molecule has 0 amide bonds. The van der Waals surface area contributed by atoms with Crippen molar-refractivity contribution >= 4 is 5.97 Å². The molecule has 0 saturated carbocycles. The van der Waals surface area contributed by atoms with E-state index in [0.717, 1.165) is 12.1 Å². The molecule has 0 aromatic heterocycles. The molecule has 0 aliphatic heterocycles. The summed E-state index contributed by atoms with van der Waals surface area (Å²) in [6.07, 6.45) is 0. The van der Waals surface area contributed by atoms with Crippen molar-refractivity contribution in [3.63, 3.8) is 0 Å². The molecule has 0 fully saturated rings. The van der Waals surface area contributed by atoms with Gasteiger partial charge < -0.3 is 5.11 Å². The molecule has 0 atom stereocenters. The average molecular weight is 266 g/mol. The molecule has 1 N–H and O–H groups in total. The summed E-state index contributed by atoms with van der Waals surface area (Å²) in [6, 6.07) is 5.98. The van der Waals surface area contributed by atoms with Gasteiger partial charge in [-0.2, -0.15) is 0 Å². The molecule has 2 rings (SSSR count). The summed E-state index contributed by atoms with van der Waals surface area (Å²) in [4.78, 5) is 10.9. The summed E-state index contributed by atoms with van der Waals surface area (Å²) in [5.41, 5.74) is 1.12. The lowest BCUT2D eigenvalue weighted by molar-refractivity contribution is 0.0696. The maximum atomic E-state index is 13.1. The Hall–Kier alpha value is -2.30. The van der Waals surface area contributed by atoms with Gasteiger partial charge in [0.05, 0.1) is 5.56 Å². The van der Waals surface area contributed by atoms with Crippen molar-refractivity contribution in [2.75, 3.05) is 0 Å². The van der Waals surface area contributed by atoms with Crippen molar-refractivity contribution in [2.45, 2.75) is 6.92 Å². The Labute approximate surface area is 107 Å². The Bertz CT molecular complexity index is 643. The molecule has 0 aliphatic rings. The van der Waals surface area contributed by atoms with E-state index in [9.17, 15) is 18.0 Å². The van der Waals surface area contributed by atoms with Crippen LogP contribution in [0.5, 0.6) is 0 Å². The molecule has 0 saturated heterocycles. The fourth-order valence-electron chi connectivity index (χ4n) is 1.81. The second-order valence-corrected chi connectivity index (χ2v) is 4.09. The molecule has 2 aromatic carbocycles. The lowest BCUT2D eigenvalue weighted by Gasteiger charge is -2.07. The third-order valence-electron chi connectivity index (χ3n) is 2.77. The minimum atomic E-state index is -1.53. The quantitative estimate of drug-likeness (QED) is 0.840. The van der Waals surface area contributed by atoms with E-state index in [1.54, 1.807) is 6.92 Å². The molecule has 5 heteroatoms. The highest BCUT2D eigenvalue weighted by Crippen LogP contribution is 2.25. The van der Waals surface area contributed by atoms with Crippen LogP contribution >= 0.6 is 0 Å². The fraction of sp³-hybridized carbons (Fsp3) is 0.0714. The first kappa shape index (κ1) is 13.1. The van der Waals surface area contributed by atoms with Gasteiger partial charge in [-0.15, -0.1) is 0 Å². The maximum absolute atomic E-state index is 13.1. The number of carbonyl (C=O) groups is 1. The highest BCUT2D eigenvalue weighted by molar-refractivity contribution is 5.90. The van der Waals surface area contributed by atoms with Crippen LogP contribution < -0.4 is 0 Å². The van der Waals surface area contributed by atoms with Gasteiger partial charge in [-0.3, -0.25) is 0 Å². The number of aryl methyl sites for hydroxylation is 1. The maximum Gasteiger partial charge on any atom is 0.335 e. The van der Waals surface area contributed by atoms with E-state index in [-0.39, 0.29) is 11.1 Å². The van der Waals surface area contributed by atoms with E-state index in [2.05, 4.69) is 0 Å².